The first-order valence-corrected chi connectivity index (χ1v) is 7.91. The van der Waals surface area contributed by atoms with Crippen LogP contribution in [-0.2, 0) is 14.3 Å². The zero-order valence-electron chi connectivity index (χ0n) is 12.2. The zero-order valence-corrected chi connectivity index (χ0v) is 13.0. The fraction of sp³-hybridized carbons (Fsp3) is 0.786. The summed E-state index contributed by atoms with van der Waals surface area (Å²) in [4.78, 5) is 26.4. The van der Waals surface area contributed by atoms with Gasteiger partial charge in [0.1, 0.15) is 5.41 Å². The summed E-state index contributed by atoms with van der Waals surface area (Å²) in [6.45, 7) is 2.97. The minimum Gasteiger partial charge on any atom is -0.392 e. The molecule has 2 amide bonds. The van der Waals surface area contributed by atoms with Gasteiger partial charge in [0.05, 0.1) is 4.99 Å². The fourth-order valence-electron chi connectivity index (χ4n) is 2.88. The van der Waals surface area contributed by atoms with Gasteiger partial charge < -0.3 is 20.7 Å². The van der Waals surface area contributed by atoms with Crippen molar-refractivity contribution in [3.05, 3.63) is 0 Å². The standard InChI is InChI=1S/C14H23N3O3S/c15-12(21)14(4-9-20-10-5-14)13(19)16-6-3-11(18)17-7-1-2-8-17/h1-10H2,(H2,15,21)(H,16,19). The van der Waals surface area contributed by atoms with Crippen molar-refractivity contribution in [3.63, 3.8) is 0 Å². The van der Waals surface area contributed by atoms with Crippen molar-refractivity contribution in [1.82, 2.24) is 10.2 Å². The highest BCUT2D eigenvalue weighted by molar-refractivity contribution is 7.80. The smallest absolute Gasteiger partial charge is 0.233 e. The molecule has 0 spiro atoms. The van der Waals surface area contributed by atoms with Crippen LogP contribution in [0.2, 0.25) is 0 Å². The highest BCUT2D eigenvalue weighted by Crippen LogP contribution is 2.31. The largest absolute Gasteiger partial charge is 0.392 e. The molecule has 2 aliphatic rings. The summed E-state index contributed by atoms with van der Waals surface area (Å²) in [5, 5.41) is 2.82. The van der Waals surface area contributed by atoms with Crippen LogP contribution in [0.3, 0.4) is 0 Å². The van der Waals surface area contributed by atoms with Crippen LogP contribution in [0.1, 0.15) is 32.1 Å². The van der Waals surface area contributed by atoms with Crippen LogP contribution in [0, 0.1) is 5.41 Å². The maximum atomic E-state index is 12.4. The number of hydrogen-bond acceptors (Lipinski definition) is 4. The van der Waals surface area contributed by atoms with Gasteiger partial charge in [-0.15, -0.1) is 0 Å². The molecule has 0 saturated carbocycles. The zero-order chi connectivity index (χ0) is 15.3. The first-order valence-electron chi connectivity index (χ1n) is 7.50. The predicted octanol–water partition coefficient (Wildman–Crippen LogP) is 0.198. The molecule has 3 N–H and O–H groups in total. The van der Waals surface area contributed by atoms with E-state index in [-0.39, 0.29) is 16.8 Å². The van der Waals surface area contributed by atoms with Gasteiger partial charge in [0.25, 0.3) is 0 Å². The average Bonchev–Trinajstić information content (AvgIpc) is 3.01. The summed E-state index contributed by atoms with van der Waals surface area (Å²) in [6.07, 6.45) is 3.49. The van der Waals surface area contributed by atoms with Gasteiger partial charge >= 0.3 is 0 Å². The second-order valence-electron chi connectivity index (χ2n) is 5.65. The Kier molecular flexibility index (Phi) is 5.52. The fourth-order valence-corrected chi connectivity index (χ4v) is 3.18. The van der Waals surface area contributed by atoms with Crippen molar-refractivity contribution in [3.8, 4) is 0 Å². The molecular weight excluding hydrogens is 290 g/mol. The molecule has 118 valence electrons. The third-order valence-corrected chi connectivity index (χ3v) is 4.73. The molecule has 7 heteroatoms. The van der Waals surface area contributed by atoms with Gasteiger partial charge in [0.15, 0.2) is 0 Å². The second kappa shape index (κ2) is 7.17. The molecule has 0 aromatic carbocycles. The number of rotatable bonds is 5. The predicted molar refractivity (Wildman–Crippen MR) is 82.7 cm³/mol. The van der Waals surface area contributed by atoms with Crippen LogP contribution in [0.4, 0.5) is 0 Å². The Morgan fingerprint density at radius 3 is 2.43 bits per heavy atom. The number of nitrogens with two attached hydrogens (primary N) is 1. The van der Waals surface area contributed by atoms with Gasteiger partial charge in [-0.2, -0.15) is 0 Å². The van der Waals surface area contributed by atoms with E-state index in [1.54, 1.807) is 0 Å². The molecule has 2 saturated heterocycles. The molecule has 2 rings (SSSR count). The number of hydrogen-bond donors (Lipinski definition) is 2. The molecule has 0 atom stereocenters. The Morgan fingerprint density at radius 2 is 1.86 bits per heavy atom. The minimum atomic E-state index is -0.815. The maximum absolute atomic E-state index is 12.4. The summed E-state index contributed by atoms with van der Waals surface area (Å²) in [5.41, 5.74) is 4.96. The number of carbonyl (C=O) groups excluding carboxylic acids is 2. The molecule has 0 bridgehead atoms. The Labute approximate surface area is 130 Å². The van der Waals surface area contributed by atoms with E-state index in [2.05, 4.69) is 5.32 Å². The molecule has 6 nitrogen and oxygen atoms in total. The molecule has 2 fully saturated rings. The Hall–Kier alpha value is -1.21. The Bertz CT molecular complexity index is 416. The van der Waals surface area contributed by atoms with E-state index >= 15 is 0 Å². The third kappa shape index (κ3) is 3.71. The van der Waals surface area contributed by atoms with Crippen LogP contribution >= 0.6 is 12.2 Å². The van der Waals surface area contributed by atoms with Gasteiger partial charge in [-0.1, -0.05) is 12.2 Å². The summed E-state index contributed by atoms with van der Waals surface area (Å²) in [7, 11) is 0. The number of nitrogens with one attached hydrogen (secondary N) is 1. The monoisotopic (exact) mass is 313 g/mol. The SMILES string of the molecule is NC(=S)C1(C(=O)NCCC(=O)N2CCCC2)CCOCC1. The number of likely N-dealkylation sites (tertiary alicyclic amines) is 1. The van der Waals surface area contributed by atoms with E-state index in [0.717, 1.165) is 25.9 Å². The normalized spacial score (nSPS) is 21.0. The Morgan fingerprint density at radius 1 is 1.24 bits per heavy atom. The van der Waals surface area contributed by atoms with E-state index in [1.807, 2.05) is 4.90 Å². The lowest BCUT2D eigenvalue weighted by atomic mass is 9.79. The van der Waals surface area contributed by atoms with Crippen LogP contribution in [0.5, 0.6) is 0 Å². The quantitative estimate of drug-likeness (QED) is 0.708. The van der Waals surface area contributed by atoms with Gasteiger partial charge in [-0.3, -0.25) is 9.59 Å². The van der Waals surface area contributed by atoms with Crippen LogP contribution in [0.15, 0.2) is 0 Å². The lowest BCUT2D eigenvalue weighted by Crippen LogP contribution is -2.52. The number of thiocarbonyl (C=S) groups is 1. The first-order chi connectivity index (χ1) is 10.1. The lowest BCUT2D eigenvalue weighted by Gasteiger charge is -2.34. The van der Waals surface area contributed by atoms with Gasteiger partial charge in [0.2, 0.25) is 11.8 Å². The molecule has 2 aliphatic heterocycles. The van der Waals surface area contributed by atoms with Crippen LogP contribution in [0.25, 0.3) is 0 Å². The molecule has 0 aromatic rings. The average molecular weight is 313 g/mol. The molecule has 0 aromatic heterocycles. The van der Waals surface area contributed by atoms with E-state index in [4.69, 9.17) is 22.7 Å². The molecule has 0 aliphatic carbocycles. The second-order valence-corrected chi connectivity index (χ2v) is 6.09. The summed E-state index contributed by atoms with van der Waals surface area (Å²) >= 11 is 5.08. The van der Waals surface area contributed by atoms with Crippen LogP contribution < -0.4 is 11.1 Å². The van der Waals surface area contributed by atoms with Gasteiger partial charge in [-0.05, 0) is 25.7 Å². The molecule has 0 radical (unpaired) electrons. The van der Waals surface area contributed by atoms with Gasteiger partial charge in [-0.25, -0.2) is 0 Å². The third-order valence-electron chi connectivity index (χ3n) is 4.34. The number of ether oxygens (including phenoxy) is 1. The van der Waals surface area contributed by atoms with E-state index in [9.17, 15) is 9.59 Å². The van der Waals surface area contributed by atoms with Crippen molar-refractivity contribution in [2.45, 2.75) is 32.1 Å². The van der Waals surface area contributed by atoms with Crippen molar-refractivity contribution in [2.75, 3.05) is 32.8 Å². The molecular formula is C14H23N3O3S. The summed E-state index contributed by atoms with van der Waals surface area (Å²) in [6, 6.07) is 0. The van der Waals surface area contributed by atoms with E-state index < -0.39 is 5.41 Å². The van der Waals surface area contributed by atoms with E-state index in [1.165, 1.54) is 0 Å². The first kappa shape index (κ1) is 16.2. The number of nitrogens with zero attached hydrogens (tertiary/aromatic N) is 1. The topological polar surface area (TPSA) is 84.7 Å². The maximum Gasteiger partial charge on any atom is 0.233 e. The van der Waals surface area contributed by atoms with Crippen molar-refractivity contribution in [1.29, 1.82) is 0 Å². The highest BCUT2D eigenvalue weighted by Gasteiger charge is 2.42. The number of carbonyl (C=O) groups is 2. The van der Waals surface area contributed by atoms with Crippen molar-refractivity contribution >= 4 is 29.0 Å². The van der Waals surface area contributed by atoms with Crippen molar-refractivity contribution in [2.24, 2.45) is 11.1 Å². The molecule has 0 unspecified atom stereocenters. The minimum absolute atomic E-state index is 0.101. The summed E-state index contributed by atoms with van der Waals surface area (Å²) in [5.74, 6) is -0.0725. The highest BCUT2D eigenvalue weighted by atomic mass is 32.1. The van der Waals surface area contributed by atoms with Gasteiger partial charge in [0, 0.05) is 39.3 Å². The molecule has 2 heterocycles. The van der Waals surface area contributed by atoms with E-state index in [0.29, 0.717) is 39.0 Å². The van der Waals surface area contributed by atoms with Crippen LogP contribution in [-0.4, -0.2) is 54.6 Å². The Balaban J connectivity index is 1.82. The molecule has 21 heavy (non-hydrogen) atoms. The van der Waals surface area contributed by atoms with Crippen molar-refractivity contribution < 1.29 is 14.3 Å². The lowest BCUT2D eigenvalue weighted by molar-refractivity contribution is -0.132. The summed E-state index contributed by atoms with van der Waals surface area (Å²) < 4.78 is 5.28. The number of amides is 2.